The average molecular weight is 225 g/mol. The molecule has 0 unspecified atom stereocenters. The molecule has 0 bridgehead atoms. The second-order valence-corrected chi connectivity index (χ2v) is 2.95. The summed E-state index contributed by atoms with van der Waals surface area (Å²) in [6.07, 6.45) is 1.11. The molecule has 1 N–H and O–H groups in total. The first-order chi connectivity index (χ1) is 7.58. The fraction of sp³-hybridized carbons (Fsp3) is 0. The highest BCUT2D eigenvalue weighted by atomic mass is 19.2. The Kier molecular flexibility index (Phi) is 2.35. The van der Waals surface area contributed by atoms with Crippen LogP contribution in [0.2, 0.25) is 0 Å². The summed E-state index contributed by atoms with van der Waals surface area (Å²) in [4.78, 5) is 10.5. The van der Waals surface area contributed by atoms with E-state index in [-0.39, 0.29) is 11.4 Å². The Labute approximate surface area is 87.9 Å². The lowest BCUT2D eigenvalue weighted by Gasteiger charge is -1.99. The van der Waals surface area contributed by atoms with Crippen molar-refractivity contribution in [3.05, 3.63) is 41.7 Å². The van der Waals surface area contributed by atoms with Gasteiger partial charge in [-0.3, -0.25) is 0 Å². The summed E-state index contributed by atoms with van der Waals surface area (Å²) in [5.74, 6) is -3.26. The van der Waals surface area contributed by atoms with E-state index in [9.17, 15) is 13.6 Å². The van der Waals surface area contributed by atoms with Gasteiger partial charge in [0.1, 0.15) is 0 Å². The van der Waals surface area contributed by atoms with Gasteiger partial charge in [0, 0.05) is 6.07 Å². The van der Waals surface area contributed by atoms with Crippen LogP contribution in [-0.4, -0.2) is 26.1 Å². The Morgan fingerprint density at radius 3 is 2.62 bits per heavy atom. The van der Waals surface area contributed by atoms with Crippen molar-refractivity contribution in [2.24, 2.45) is 0 Å². The molecular weight excluding hydrogens is 220 g/mol. The van der Waals surface area contributed by atoms with Crippen LogP contribution in [0.15, 0.2) is 24.4 Å². The Balaban J connectivity index is 2.42. The summed E-state index contributed by atoms with van der Waals surface area (Å²) < 4.78 is 26.6. The van der Waals surface area contributed by atoms with Crippen LogP contribution in [0.1, 0.15) is 10.5 Å². The molecule has 0 saturated carbocycles. The largest absolute Gasteiger partial charge is 0.476 e. The number of hydrogen-bond donors (Lipinski definition) is 1. The summed E-state index contributed by atoms with van der Waals surface area (Å²) in [5.41, 5.74) is -0.0800. The Morgan fingerprint density at radius 1 is 1.31 bits per heavy atom. The van der Waals surface area contributed by atoms with Crippen molar-refractivity contribution in [1.29, 1.82) is 0 Å². The quantitative estimate of drug-likeness (QED) is 0.834. The number of benzene rings is 1. The van der Waals surface area contributed by atoms with Crippen molar-refractivity contribution < 1.29 is 18.7 Å². The van der Waals surface area contributed by atoms with Crippen molar-refractivity contribution >= 4 is 5.97 Å². The summed E-state index contributed by atoms with van der Waals surface area (Å²) in [6, 6.07) is 3.08. The number of carboxylic acids is 1. The van der Waals surface area contributed by atoms with Gasteiger partial charge in [-0.15, -0.1) is 5.10 Å². The zero-order chi connectivity index (χ0) is 11.7. The van der Waals surface area contributed by atoms with Gasteiger partial charge in [-0.05, 0) is 12.1 Å². The zero-order valence-electron chi connectivity index (χ0n) is 7.76. The minimum Gasteiger partial charge on any atom is -0.476 e. The molecular formula is C9H5F2N3O2. The van der Waals surface area contributed by atoms with Gasteiger partial charge < -0.3 is 5.11 Å². The van der Waals surface area contributed by atoms with Gasteiger partial charge in [0.15, 0.2) is 17.3 Å². The molecule has 0 aliphatic rings. The van der Waals surface area contributed by atoms with Crippen LogP contribution in [-0.2, 0) is 0 Å². The molecule has 0 aliphatic carbocycles. The van der Waals surface area contributed by atoms with E-state index >= 15 is 0 Å². The molecule has 0 fully saturated rings. The van der Waals surface area contributed by atoms with Crippen LogP contribution >= 0.6 is 0 Å². The molecule has 0 amide bonds. The van der Waals surface area contributed by atoms with E-state index in [4.69, 9.17) is 5.11 Å². The maximum atomic E-state index is 12.9. The summed E-state index contributed by atoms with van der Waals surface area (Å²) >= 11 is 0. The minimum atomic E-state index is -1.24. The number of aromatic carboxylic acids is 1. The van der Waals surface area contributed by atoms with Crippen molar-refractivity contribution in [3.63, 3.8) is 0 Å². The van der Waals surface area contributed by atoms with Crippen molar-refractivity contribution in [3.8, 4) is 5.69 Å². The van der Waals surface area contributed by atoms with E-state index in [0.29, 0.717) is 0 Å². The first-order valence-corrected chi connectivity index (χ1v) is 4.19. The maximum Gasteiger partial charge on any atom is 0.358 e. The topological polar surface area (TPSA) is 68.0 Å². The van der Waals surface area contributed by atoms with E-state index in [1.165, 1.54) is 6.07 Å². The normalized spacial score (nSPS) is 10.4. The Bertz CT molecular complexity index is 553. The molecule has 0 saturated heterocycles. The third kappa shape index (κ3) is 1.74. The van der Waals surface area contributed by atoms with E-state index in [0.717, 1.165) is 23.0 Å². The van der Waals surface area contributed by atoms with E-state index < -0.39 is 17.6 Å². The van der Waals surface area contributed by atoms with E-state index in [2.05, 4.69) is 10.3 Å². The second kappa shape index (κ2) is 3.69. The predicted octanol–water partition coefficient (Wildman–Crippen LogP) is 1.24. The van der Waals surface area contributed by atoms with Gasteiger partial charge in [-0.2, -0.15) is 0 Å². The van der Waals surface area contributed by atoms with Crippen molar-refractivity contribution in [2.75, 3.05) is 0 Å². The lowest BCUT2D eigenvalue weighted by molar-refractivity contribution is 0.0690. The van der Waals surface area contributed by atoms with Crippen molar-refractivity contribution in [1.82, 2.24) is 15.0 Å². The number of hydrogen-bond acceptors (Lipinski definition) is 3. The van der Waals surface area contributed by atoms with Gasteiger partial charge in [-0.25, -0.2) is 18.3 Å². The molecule has 82 valence electrons. The molecule has 1 heterocycles. The molecule has 2 aromatic rings. The molecule has 5 nitrogen and oxygen atoms in total. The average Bonchev–Trinajstić information content (AvgIpc) is 2.71. The van der Waals surface area contributed by atoms with Crippen LogP contribution < -0.4 is 0 Å². The van der Waals surface area contributed by atoms with Crippen LogP contribution in [0.25, 0.3) is 5.69 Å². The Hall–Kier alpha value is -2.31. The number of nitrogens with zero attached hydrogens (tertiary/aromatic N) is 3. The van der Waals surface area contributed by atoms with E-state index in [1.54, 1.807) is 0 Å². The Morgan fingerprint density at radius 2 is 2.06 bits per heavy atom. The second-order valence-electron chi connectivity index (χ2n) is 2.95. The first-order valence-electron chi connectivity index (χ1n) is 4.19. The fourth-order valence-electron chi connectivity index (χ4n) is 1.12. The number of aromatic nitrogens is 3. The molecule has 0 radical (unpaired) electrons. The highest BCUT2D eigenvalue weighted by molar-refractivity contribution is 5.84. The highest BCUT2D eigenvalue weighted by Crippen LogP contribution is 2.12. The number of halogens is 2. The molecule has 2 rings (SSSR count). The zero-order valence-corrected chi connectivity index (χ0v) is 7.76. The SMILES string of the molecule is O=C(O)c1cn(-c2ccc(F)c(F)c2)nn1. The standard InChI is InChI=1S/C9H5F2N3O2/c10-6-2-1-5(3-7(6)11)14-4-8(9(15)16)12-13-14/h1-4H,(H,15,16). The monoisotopic (exact) mass is 225 g/mol. The van der Waals surface area contributed by atoms with Gasteiger partial charge in [0.2, 0.25) is 0 Å². The molecule has 16 heavy (non-hydrogen) atoms. The highest BCUT2D eigenvalue weighted by Gasteiger charge is 2.10. The van der Waals surface area contributed by atoms with Crippen LogP contribution in [0.4, 0.5) is 8.78 Å². The molecule has 0 atom stereocenters. The lowest BCUT2D eigenvalue weighted by atomic mass is 10.3. The number of rotatable bonds is 2. The first kappa shape index (κ1) is 10.2. The minimum absolute atomic E-state index is 0.193. The molecule has 1 aromatic heterocycles. The third-order valence-corrected chi connectivity index (χ3v) is 1.88. The van der Waals surface area contributed by atoms with Crippen molar-refractivity contribution in [2.45, 2.75) is 0 Å². The molecule has 0 spiro atoms. The summed E-state index contributed by atoms with van der Waals surface area (Å²) in [7, 11) is 0. The van der Waals surface area contributed by atoms with Gasteiger partial charge in [0.05, 0.1) is 11.9 Å². The maximum absolute atomic E-state index is 12.9. The van der Waals surface area contributed by atoms with Crippen LogP contribution in [0.3, 0.4) is 0 Å². The molecule has 1 aromatic carbocycles. The van der Waals surface area contributed by atoms with E-state index in [1.807, 2.05) is 0 Å². The van der Waals surface area contributed by atoms with Gasteiger partial charge >= 0.3 is 5.97 Å². The molecule has 7 heteroatoms. The summed E-state index contributed by atoms with van der Waals surface area (Å²) in [5, 5.41) is 15.4. The lowest BCUT2D eigenvalue weighted by Crippen LogP contribution is -1.97. The predicted molar refractivity (Wildman–Crippen MR) is 48.2 cm³/mol. The van der Waals surface area contributed by atoms with Crippen LogP contribution in [0, 0.1) is 11.6 Å². The molecule has 0 aliphatic heterocycles. The van der Waals surface area contributed by atoms with Gasteiger partial charge in [-0.1, -0.05) is 5.21 Å². The third-order valence-electron chi connectivity index (χ3n) is 1.88. The number of carboxylic acid groups (broad SMARTS) is 1. The summed E-state index contributed by atoms with van der Waals surface area (Å²) in [6.45, 7) is 0. The van der Waals surface area contributed by atoms with Gasteiger partial charge in [0.25, 0.3) is 0 Å². The number of carbonyl (C=O) groups is 1. The van der Waals surface area contributed by atoms with Crippen LogP contribution in [0.5, 0.6) is 0 Å². The fourth-order valence-corrected chi connectivity index (χ4v) is 1.12. The smallest absolute Gasteiger partial charge is 0.358 e.